The number of carbonyl (C=O) groups is 4. The largest absolute Gasteiger partial charge is 0.493 e. The van der Waals surface area contributed by atoms with Crippen molar-refractivity contribution in [3.05, 3.63) is 94.0 Å². The summed E-state index contributed by atoms with van der Waals surface area (Å²) >= 11 is 6.19. The van der Waals surface area contributed by atoms with E-state index in [0.29, 0.717) is 22.1 Å². The third-order valence-corrected chi connectivity index (χ3v) is 5.95. The molecule has 1 aliphatic rings. The Morgan fingerprint density at radius 2 is 1.74 bits per heavy atom. The fraction of sp³-hybridized carbons (Fsp3) is 0.143. The minimum Gasteiger partial charge on any atom is -0.493 e. The second-order valence-corrected chi connectivity index (χ2v) is 8.42. The molecule has 4 amide bonds. The molecule has 0 aliphatic carbocycles. The predicted octanol–water partition coefficient (Wildman–Crippen LogP) is 4.77. The molecule has 0 spiro atoms. The van der Waals surface area contributed by atoms with Crippen molar-refractivity contribution in [1.29, 1.82) is 0 Å². The zero-order valence-corrected chi connectivity index (χ0v) is 21.3. The van der Waals surface area contributed by atoms with Crippen LogP contribution in [-0.2, 0) is 20.9 Å². The normalized spacial score (nSPS) is 14.3. The molecule has 1 aliphatic heterocycles. The number of rotatable bonds is 8. The number of hydrogen-bond acceptors (Lipinski definition) is 7. The molecular weight excluding hydrogens is 512 g/mol. The second-order valence-electron chi connectivity index (χ2n) is 8.02. The SMILES string of the molecule is CCOC(=O)c1ccc(N2C(=O)NC(=O)/C(=C\c3ccc(OCc4ccccc4Cl)c(OC)c3)C2=O)cc1. The van der Waals surface area contributed by atoms with E-state index in [1.807, 2.05) is 18.2 Å². The van der Waals surface area contributed by atoms with E-state index in [2.05, 4.69) is 5.32 Å². The van der Waals surface area contributed by atoms with Gasteiger partial charge in [0.25, 0.3) is 11.8 Å². The van der Waals surface area contributed by atoms with Crippen molar-refractivity contribution in [3.8, 4) is 11.5 Å². The molecule has 38 heavy (non-hydrogen) atoms. The van der Waals surface area contributed by atoms with Crippen molar-refractivity contribution >= 4 is 47.2 Å². The van der Waals surface area contributed by atoms with E-state index in [1.54, 1.807) is 31.2 Å². The first-order chi connectivity index (χ1) is 18.3. The summed E-state index contributed by atoms with van der Waals surface area (Å²) < 4.78 is 16.2. The Hall–Kier alpha value is -4.63. The van der Waals surface area contributed by atoms with E-state index < -0.39 is 23.8 Å². The van der Waals surface area contributed by atoms with Gasteiger partial charge in [0.05, 0.1) is 25.0 Å². The topological polar surface area (TPSA) is 111 Å². The molecule has 194 valence electrons. The molecule has 3 aromatic rings. The van der Waals surface area contributed by atoms with Gasteiger partial charge >= 0.3 is 12.0 Å². The fourth-order valence-corrected chi connectivity index (χ4v) is 3.87. The lowest BCUT2D eigenvalue weighted by atomic mass is 10.1. The van der Waals surface area contributed by atoms with Crippen LogP contribution in [0.1, 0.15) is 28.4 Å². The summed E-state index contributed by atoms with van der Waals surface area (Å²) in [5.74, 6) is -1.37. The van der Waals surface area contributed by atoms with Gasteiger partial charge in [-0.25, -0.2) is 14.5 Å². The number of benzene rings is 3. The third kappa shape index (κ3) is 5.68. The Morgan fingerprint density at radius 1 is 1.00 bits per heavy atom. The van der Waals surface area contributed by atoms with Crippen LogP contribution in [0.4, 0.5) is 10.5 Å². The van der Waals surface area contributed by atoms with Crippen molar-refractivity contribution in [1.82, 2.24) is 5.32 Å². The van der Waals surface area contributed by atoms with Gasteiger partial charge in [-0.15, -0.1) is 0 Å². The van der Waals surface area contributed by atoms with Crippen LogP contribution in [0.25, 0.3) is 6.08 Å². The summed E-state index contributed by atoms with van der Waals surface area (Å²) in [5.41, 5.74) is 1.45. The number of nitrogens with one attached hydrogen (secondary N) is 1. The molecule has 4 rings (SSSR count). The molecule has 1 fully saturated rings. The smallest absolute Gasteiger partial charge is 0.338 e. The molecule has 9 nitrogen and oxygen atoms in total. The van der Waals surface area contributed by atoms with Crippen molar-refractivity contribution in [2.75, 3.05) is 18.6 Å². The number of carbonyl (C=O) groups excluding carboxylic acids is 4. The van der Waals surface area contributed by atoms with Crippen LogP contribution in [0.15, 0.2) is 72.3 Å². The number of ether oxygens (including phenoxy) is 3. The van der Waals surface area contributed by atoms with Crippen molar-refractivity contribution in [2.45, 2.75) is 13.5 Å². The van der Waals surface area contributed by atoms with E-state index in [0.717, 1.165) is 10.5 Å². The van der Waals surface area contributed by atoms with Crippen LogP contribution in [0.2, 0.25) is 5.02 Å². The third-order valence-electron chi connectivity index (χ3n) is 5.58. The van der Waals surface area contributed by atoms with Gasteiger partial charge in [-0.3, -0.25) is 14.9 Å². The molecule has 0 atom stereocenters. The Labute approximate surface area is 223 Å². The maximum absolute atomic E-state index is 13.2. The highest BCUT2D eigenvalue weighted by molar-refractivity contribution is 6.39. The molecule has 3 aromatic carbocycles. The highest BCUT2D eigenvalue weighted by Gasteiger charge is 2.37. The van der Waals surface area contributed by atoms with Crippen molar-refractivity contribution < 1.29 is 33.4 Å². The van der Waals surface area contributed by atoms with Gasteiger partial charge in [0.2, 0.25) is 0 Å². The molecular formula is C28H23ClN2O7. The monoisotopic (exact) mass is 534 g/mol. The minimum atomic E-state index is -0.901. The molecule has 10 heteroatoms. The second kappa shape index (κ2) is 11.6. The number of halogens is 1. The molecule has 0 bridgehead atoms. The van der Waals surface area contributed by atoms with Gasteiger partial charge in [-0.2, -0.15) is 0 Å². The standard InChI is InChI=1S/C28H23ClN2O7/c1-3-37-27(34)18-9-11-20(12-10-18)31-26(33)21(25(32)30-28(31)35)14-17-8-13-23(24(15-17)36-2)38-16-19-6-4-5-7-22(19)29/h4-15H,3,16H2,1-2H3,(H,30,32,35)/b21-14+. The van der Waals surface area contributed by atoms with E-state index in [-0.39, 0.29) is 30.0 Å². The summed E-state index contributed by atoms with van der Waals surface area (Å²) in [6.07, 6.45) is 1.35. The number of esters is 1. The lowest BCUT2D eigenvalue weighted by Crippen LogP contribution is -2.54. The zero-order valence-electron chi connectivity index (χ0n) is 20.5. The number of imide groups is 2. The number of barbiturate groups is 1. The lowest BCUT2D eigenvalue weighted by molar-refractivity contribution is -0.122. The van der Waals surface area contributed by atoms with E-state index >= 15 is 0 Å². The van der Waals surface area contributed by atoms with E-state index in [1.165, 1.54) is 37.5 Å². The Kier molecular flexibility index (Phi) is 8.08. The Bertz CT molecular complexity index is 1430. The van der Waals surface area contributed by atoms with Crippen molar-refractivity contribution in [3.63, 3.8) is 0 Å². The van der Waals surface area contributed by atoms with Gasteiger partial charge < -0.3 is 14.2 Å². The van der Waals surface area contributed by atoms with E-state index in [4.69, 9.17) is 25.8 Å². The maximum atomic E-state index is 13.2. The molecule has 0 unspecified atom stereocenters. The summed E-state index contributed by atoms with van der Waals surface area (Å²) in [7, 11) is 1.47. The molecule has 0 radical (unpaired) electrons. The molecule has 1 N–H and O–H groups in total. The van der Waals surface area contributed by atoms with Gasteiger partial charge in [-0.1, -0.05) is 35.9 Å². The number of hydrogen-bond donors (Lipinski definition) is 1. The van der Waals surface area contributed by atoms with Gasteiger partial charge in [0.15, 0.2) is 11.5 Å². The van der Waals surface area contributed by atoms with Crippen LogP contribution < -0.4 is 19.7 Å². The summed E-state index contributed by atoms with van der Waals surface area (Å²) in [4.78, 5) is 51.0. The summed E-state index contributed by atoms with van der Waals surface area (Å²) in [5, 5.41) is 2.74. The minimum absolute atomic E-state index is 0.180. The first-order valence-electron chi connectivity index (χ1n) is 11.5. The predicted molar refractivity (Wildman–Crippen MR) is 140 cm³/mol. The highest BCUT2D eigenvalue weighted by atomic mass is 35.5. The Morgan fingerprint density at radius 3 is 2.42 bits per heavy atom. The first-order valence-corrected chi connectivity index (χ1v) is 11.9. The average Bonchev–Trinajstić information content (AvgIpc) is 2.91. The maximum Gasteiger partial charge on any atom is 0.338 e. The Balaban J connectivity index is 1.57. The van der Waals surface area contributed by atoms with Gasteiger partial charge in [-0.05, 0) is 61.0 Å². The van der Waals surface area contributed by atoms with Crippen LogP contribution in [0.5, 0.6) is 11.5 Å². The highest BCUT2D eigenvalue weighted by Crippen LogP contribution is 2.31. The van der Waals surface area contributed by atoms with Crippen molar-refractivity contribution in [2.24, 2.45) is 0 Å². The number of nitrogens with zero attached hydrogens (tertiary/aromatic N) is 1. The molecule has 1 saturated heterocycles. The van der Waals surface area contributed by atoms with Gasteiger partial charge in [0.1, 0.15) is 12.2 Å². The van der Waals surface area contributed by atoms with Crippen LogP contribution in [0, 0.1) is 0 Å². The molecule has 0 aromatic heterocycles. The fourth-order valence-electron chi connectivity index (χ4n) is 3.68. The van der Waals surface area contributed by atoms with Crippen LogP contribution in [0.3, 0.4) is 0 Å². The van der Waals surface area contributed by atoms with Crippen LogP contribution in [-0.4, -0.2) is 37.5 Å². The zero-order chi connectivity index (χ0) is 27.2. The lowest BCUT2D eigenvalue weighted by Gasteiger charge is -2.26. The number of anilines is 1. The van der Waals surface area contributed by atoms with Crippen LogP contribution >= 0.6 is 11.6 Å². The quantitative estimate of drug-likeness (QED) is 0.252. The summed E-state index contributed by atoms with van der Waals surface area (Å²) in [6.45, 7) is 2.11. The number of methoxy groups -OCH3 is 1. The summed E-state index contributed by atoms with van der Waals surface area (Å²) in [6, 6.07) is 17.0. The molecule has 1 heterocycles. The first kappa shape index (κ1) is 26.4. The van der Waals surface area contributed by atoms with E-state index in [9.17, 15) is 19.2 Å². The van der Waals surface area contributed by atoms with Gasteiger partial charge in [0, 0.05) is 10.6 Å². The number of amides is 4. The molecule has 0 saturated carbocycles. The average molecular weight is 535 g/mol. The number of urea groups is 1.